The van der Waals surface area contributed by atoms with E-state index in [1.165, 1.54) is 24.3 Å². The van der Waals surface area contributed by atoms with Crippen LogP contribution in [0, 0.1) is 11.7 Å². The first-order valence-corrected chi connectivity index (χ1v) is 8.47. The van der Waals surface area contributed by atoms with Gasteiger partial charge in [-0.3, -0.25) is 0 Å². The molecule has 2 aromatic rings. The molecule has 0 radical (unpaired) electrons. The van der Waals surface area contributed by atoms with E-state index in [4.69, 9.17) is 0 Å². The molecular weight excluding hydrogens is 332 g/mol. The Morgan fingerprint density at radius 1 is 0.920 bits per heavy atom. The third-order valence-corrected chi connectivity index (χ3v) is 4.88. The van der Waals surface area contributed by atoms with Crippen LogP contribution in [-0.4, -0.2) is 6.36 Å². The maximum Gasteiger partial charge on any atom is 0.573 e. The highest BCUT2D eigenvalue weighted by molar-refractivity contribution is 5.65. The van der Waals surface area contributed by atoms with E-state index in [1.807, 2.05) is 6.07 Å². The van der Waals surface area contributed by atoms with Crippen LogP contribution in [0.5, 0.6) is 5.75 Å². The highest BCUT2D eigenvalue weighted by atomic mass is 19.4. The van der Waals surface area contributed by atoms with Crippen LogP contribution < -0.4 is 4.74 Å². The molecule has 1 saturated carbocycles. The van der Waals surface area contributed by atoms with Gasteiger partial charge in [0.2, 0.25) is 0 Å². The maximum absolute atomic E-state index is 14.5. The molecule has 5 heteroatoms. The quantitative estimate of drug-likeness (QED) is 0.560. The van der Waals surface area contributed by atoms with E-state index >= 15 is 0 Å². The Labute approximate surface area is 144 Å². The van der Waals surface area contributed by atoms with Gasteiger partial charge < -0.3 is 4.74 Å². The van der Waals surface area contributed by atoms with Crippen LogP contribution in [0.25, 0.3) is 11.1 Å². The van der Waals surface area contributed by atoms with Gasteiger partial charge in [-0.25, -0.2) is 4.39 Å². The zero-order chi connectivity index (χ0) is 18.0. The first kappa shape index (κ1) is 17.8. The molecule has 0 unspecified atom stereocenters. The minimum Gasteiger partial charge on any atom is -0.406 e. The van der Waals surface area contributed by atoms with Gasteiger partial charge in [-0.2, -0.15) is 0 Å². The van der Waals surface area contributed by atoms with Crippen molar-refractivity contribution in [1.29, 1.82) is 0 Å². The van der Waals surface area contributed by atoms with Crippen molar-refractivity contribution in [1.82, 2.24) is 0 Å². The van der Waals surface area contributed by atoms with Crippen LogP contribution in [0.1, 0.15) is 44.1 Å². The van der Waals surface area contributed by atoms with Gasteiger partial charge in [-0.15, -0.1) is 13.2 Å². The second kappa shape index (κ2) is 7.06. The summed E-state index contributed by atoms with van der Waals surface area (Å²) in [7, 11) is 0. The fourth-order valence-corrected chi connectivity index (χ4v) is 3.45. The lowest BCUT2D eigenvalue weighted by atomic mass is 9.79. The van der Waals surface area contributed by atoms with E-state index in [2.05, 4.69) is 11.7 Å². The Morgan fingerprint density at radius 3 is 2.12 bits per heavy atom. The second-order valence-electron chi connectivity index (χ2n) is 6.77. The lowest BCUT2D eigenvalue weighted by molar-refractivity contribution is -0.274. The van der Waals surface area contributed by atoms with Crippen LogP contribution in [0.3, 0.4) is 0 Å². The van der Waals surface area contributed by atoms with Crippen molar-refractivity contribution in [2.45, 2.75) is 44.9 Å². The van der Waals surface area contributed by atoms with Gasteiger partial charge in [0.15, 0.2) is 0 Å². The van der Waals surface area contributed by atoms with Crippen molar-refractivity contribution in [3.05, 3.63) is 53.8 Å². The number of alkyl halides is 3. The zero-order valence-electron chi connectivity index (χ0n) is 13.9. The molecule has 0 N–H and O–H groups in total. The lowest BCUT2D eigenvalue weighted by Gasteiger charge is -2.26. The fraction of sp³-hybridized carbons (Fsp3) is 0.400. The van der Waals surface area contributed by atoms with Crippen molar-refractivity contribution in [3.63, 3.8) is 0 Å². The monoisotopic (exact) mass is 352 g/mol. The van der Waals surface area contributed by atoms with Gasteiger partial charge in [-0.1, -0.05) is 44.0 Å². The molecule has 134 valence electrons. The molecule has 1 aliphatic carbocycles. The molecule has 0 aromatic heterocycles. The zero-order valence-corrected chi connectivity index (χ0v) is 13.9. The first-order valence-electron chi connectivity index (χ1n) is 8.47. The van der Waals surface area contributed by atoms with Crippen molar-refractivity contribution < 1.29 is 22.3 Å². The SMILES string of the molecule is CC1CCC(c2ccc(-c3ccc(OC(F)(F)F)cc3)c(F)c2)CC1. The number of halogens is 4. The highest BCUT2D eigenvalue weighted by Gasteiger charge is 2.31. The molecule has 0 atom stereocenters. The van der Waals surface area contributed by atoms with E-state index in [0.717, 1.165) is 37.2 Å². The number of hydrogen-bond donors (Lipinski definition) is 0. The van der Waals surface area contributed by atoms with Crippen LogP contribution in [0.4, 0.5) is 17.6 Å². The number of benzene rings is 2. The fourth-order valence-electron chi connectivity index (χ4n) is 3.45. The van der Waals surface area contributed by atoms with Gasteiger partial charge in [0.25, 0.3) is 0 Å². The molecule has 0 aliphatic heterocycles. The summed E-state index contributed by atoms with van der Waals surface area (Å²) in [4.78, 5) is 0. The van der Waals surface area contributed by atoms with E-state index < -0.39 is 6.36 Å². The summed E-state index contributed by atoms with van der Waals surface area (Å²) >= 11 is 0. The topological polar surface area (TPSA) is 9.23 Å². The van der Waals surface area contributed by atoms with E-state index in [-0.39, 0.29) is 11.6 Å². The summed E-state index contributed by atoms with van der Waals surface area (Å²) in [5.74, 6) is 0.463. The van der Waals surface area contributed by atoms with Gasteiger partial charge >= 0.3 is 6.36 Å². The predicted octanol–water partition coefficient (Wildman–Crippen LogP) is 6.69. The summed E-state index contributed by atoms with van der Waals surface area (Å²) in [5.41, 5.74) is 1.91. The number of ether oxygens (including phenoxy) is 1. The molecule has 0 amide bonds. The van der Waals surface area contributed by atoms with Gasteiger partial charge in [0.1, 0.15) is 11.6 Å². The normalized spacial score (nSPS) is 21.2. The molecule has 0 saturated heterocycles. The van der Waals surface area contributed by atoms with Crippen molar-refractivity contribution in [2.24, 2.45) is 5.92 Å². The molecular formula is C20H20F4O. The molecule has 2 aromatic carbocycles. The molecule has 0 heterocycles. The Kier molecular flexibility index (Phi) is 5.02. The standard InChI is InChI=1S/C20H20F4O/c1-13-2-4-14(5-3-13)16-8-11-18(19(21)12-16)15-6-9-17(10-7-15)25-20(22,23)24/h6-14H,2-5H2,1H3. The van der Waals surface area contributed by atoms with Crippen LogP contribution in [0.15, 0.2) is 42.5 Å². The molecule has 25 heavy (non-hydrogen) atoms. The predicted molar refractivity (Wildman–Crippen MR) is 88.9 cm³/mol. The summed E-state index contributed by atoms with van der Waals surface area (Å²) in [5, 5.41) is 0. The highest BCUT2D eigenvalue weighted by Crippen LogP contribution is 2.37. The molecule has 0 bridgehead atoms. The first-order chi connectivity index (χ1) is 11.8. The van der Waals surface area contributed by atoms with Crippen LogP contribution in [0.2, 0.25) is 0 Å². The Bertz CT molecular complexity index is 713. The van der Waals surface area contributed by atoms with Gasteiger partial charge in [0, 0.05) is 5.56 Å². The average molecular weight is 352 g/mol. The smallest absolute Gasteiger partial charge is 0.406 e. The summed E-state index contributed by atoms with van der Waals surface area (Å²) in [6, 6.07) is 10.5. The van der Waals surface area contributed by atoms with Gasteiger partial charge in [0.05, 0.1) is 0 Å². The Hall–Kier alpha value is -2.04. The van der Waals surface area contributed by atoms with Crippen LogP contribution in [-0.2, 0) is 0 Å². The number of hydrogen-bond acceptors (Lipinski definition) is 1. The maximum atomic E-state index is 14.5. The number of rotatable bonds is 3. The lowest BCUT2D eigenvalue weighted by Crippen LogP contribution is -2.16. The van der Waals surface area contributed by atoms with E-state index in [1.54, 1.807) is 12.1 Å². The van der Waals surface area contributed by atoms with Gasteiger partial charge in [-0.05, 0) is 54.0 Å². The molecule has 0 spiro atoms. The third-order valence-electron chi connectivity index (χ3n) is 4.88. The van der Waals surface area contributed by atoms with Crippen molar-refractivity contribution in [3.8, 4) is 16.9 Å². The largest absolute Gasteiger partial charge is 0.573 e. The van der Waals surface area contributed by atoms with Crippen LogP contribution >= 0.6 is 0 Å². The summed E-state index contributed by atoms with van der Waals surface area (Å²) in [6.07, 6.45) is -0.262. The minimum absolute atomic E-state index is 0.315. The minimum atomic E-state index is -4.73. The molecule has 1 nitrogen and oxygen atoms in total. The Morgan fingerprint density at radius 2 is 1.56 bits per heavy atom. The van der Waals surface area contributed by atoms with E-state index in [9.17, 15) is 17.6 Å². The second-order valence-corrected chi connectivity index (χ2v) is 6.77. The molecule has 1 aliphatic rings. The Balaban J connectivity index is 1.77. The van der Waals surface area contributed by atoms with Crippen molar-refractivity contribution in [2.75, 3.05) is 0 Å². The van der Waals surface area contributed by atoms with E-state index in [0.29, 0.717) is 17.0 Å². The average Bonchev–Trinajstić information content (AvgIpc) is 2.55. The van der Waals surface area contributed by atoms with Crippen molar-refractivity contribution >= 4 is 0 Å². The summed E-state index contributed by atoms with van der Waals surface area (Å²) < 4.78 is 54.9. The third kappa shape index (κ3) is 4.53. The molecule has 3 rings (SSSR count). The summed E-state index contributed by atoms with van der Waals surface area (Å²) in [6.45, 7) is 2.24. The molecule has 1 fully saturated rings.